The Morgan fingerprint density at radius 2 is 2.00 bits per heavy atom. The SMILES string of the molecule is Cl.Cn1cc([C@H]2CNC[C@@H]2C(=O)Nc2cccc(C(=O)N3CCCC3)c2)cn1. The van der Waals surface area contributed by atoms with Crippen LogP contribution in [0.2, 0.25) is 0 Å². The van der Waals surface area contributed by atoms with Crippen LogP contribution in [0.5, 0.6) is 0 Å². The van der Waals surface area contributed by atoms with E-state index in [0.717, 1.165) is 38.0 Å². The molecule has 1 aromatic heterocycles. The van der Waals surface area contributed by atoms with Crippen molar-refractivity contribution in [1.29, 1.82) is 0 Å². The molecule has 0 aliphatic carbocycles. The zero-order valence-electron chi connectivity index (χ0n) is 15.9. The Labute approximate surface area is 170 Å². The summed E-state index contributed by atoms with van der Waals surface area (Å²) in [6.07, 6.45) is 5.92. The molecule has 2 aliphatic heterocycles. The van der Waals surface area contributed by atoms with E-state index in [1.54, 1.807) is 10.7 Å². The number of hydrogen-bond acceptors (Lipinski definition) is 4. The molecule has 0 saturated carbocycles. The van der Waals surface area contributed by atoms with E-state index in [-0.39, 0.29) is 36.1 Å². The predicted octanol–water partition coefficient (Wildman–Crippen LogP) is 2.02. The van der Waals surface area contributed by atoms with Crippen molar-refractivity contribution in [3.63, 3.8) is 0 Å². The standard InChI is InChI=1S/C20H25N5O2.ClH/c1-24-13-15(10-22-24)17-11-21-12-18(17)19(26)23-16-6-4-5-14(9-16)20(27)25-7-2-3-8-25;/h4-6,9-10,13,17-18,21H,2-3,7-8,11-12H2,1H3,(H,23,26);1H/t17-,18+;/m1./s1. The number of amides is 2. The van der Waals surface area contributed by atoms with Crippen LogP contribution in [0.1, 0.15) is 34.7 Å². The minimum Gasteiger partial charge on any atom is -0.339 e. The molecule has 28 heavy (non-hydrogen) atoms. The minimum atomic E-state index is -0.160. The van der Waals surface area contributed by atoms with Gasteiger partial charge in [0.15, 0.2) is 0 Å². The van der Waals surface area contributed by atoms with E-state index in [2.05, 4.69) is 15.7 Å². The van der Waals surface area contributed by atoms with Crippen molar-refractivity contribution in [1.82, 2.24) is 20.0 Å². The van der Waals surface area contributed by atoms with Crippen molar-refractivity contribution >= 4 is 29.9 Å². The fourth-order valence-corrected chi connectivity index (χ4v) is 4.00. The highest BCUT2D eigenvalue weighted by atomic mass is 35.5. The molecule has 2 N–H and O–H groups in total. The number of aryl methyl sites for hydroxylation is 1. The summed E-state index contributed by atoms with van der Waals surface area (Å²) in [4.78, 5) is 27.3. The number of carbonyl (C=O) groups is 2. The van der Waals surface area contributed by atoms with Crippen LogP contribution >= 0.6 is 12.4 Å². The summed E-state index contributed by atoms with van der Waals surface area (Å²) in [5.41, 5.74) is 2.37. The molecule has 0 spiro atoms. The van der Waals surface area contributed by atoms with E-state index in [4.69, 9.17) is 0 Å². The van der Waals surface area contributed by atoms with Gasteiger partial charge in [0.2, 0.25) is 5.91 Å². The topological polar surface area (TPSA) is 79.3 Å². The first-order valence-corrected chi connectivity index (χ1v) is 9.51. The van der Waals surface area contributed by atoms with Gasteiger partial charge in [0, 0.05) is 56.6 Å². The third-order valence-electron chi connectivity index (χ3n) is 5.47. The average molecular weight is 404 g/mol. The molecular weight excluding hydrogens is 378 g/mol. The van der Waals surface area contributed by atoms with E-state index in [9.17, 15) is 9.59 Å². The second-order valence-corrected chi connectivity index (χ2v) is 7.39. The molecule has 2 saturated heterocycles. The number of likely N-dealkylation sites (tertiary alicyclic amines) is 1. The van der Waals surface area contributed by atoms with Gasteiger partial charge >= 0.3 is 0 Å². The van der Waals surface area contributed by atoms with Crippen molar-refractivity contribution < 1.29 is 9.59 Å². The van der Waals surface area contributed by atoms with Crippen LogP contribution in [0.25, 0.3) is 0 Å². The minimum absolute atomic E-state index is 0. The molecule has 2 aliphatic rings. The molecule has 0 unspecified atom stereocenters. The Morgan fingerprint density at radius 1 is 1.21 bits per heavy atom. The summed E-state index contributed by atoms with van der Waals surface area (Å²) >= 11 is 0. The summed E-state index contributed by atoms with van der Waals surface area (Å²) in [6.45, 7) is 3.03. The maximum atomic E-state index is 12.9. The monoisotopic (exact) mass is 403 g/mol. The fraction of sp³-hybridized carbons (Fsp3) is 0.450. The number of benzene rings is 1. The van der Waals surface area contributed by atoms with Gasteiger partial charge in [-0.25, -0.2) is 0 Å². The van der Waals surface area contributed by atoms with Gasteiger partial charge in [-0.1, -0.05) is 6.07 Å². The lowest BCUT2D eigenvalue weighted by atomic mass is 9.90. The van der Waals surface area contributed by atoms with E-state index < -0.39 is 0 Å². The van der Waals surface area contributed by atoms with Gasteiger partial charge in [0.05, 0.1) is 12.1 Å². The van der Waals surface area contributed by atoms with Crippen molar-refractivity contribution in [2.75, 3.05) is 31.5 Å². The second-order valence-electron chi connectivity index (χ2n) is 7.39. The molecule has 150 valence electrons. The van der Waals surface area contributed by atoms with Gasteiger partial charge in [-0.15, -0.1) is 12.4 Å². The van der Waals surface area contributed by atoms with Crippen LogP contribution in [-0.2, 0) is 11.8 Å². The van der Waals surface area contributed by atoms with Crippen molar-refractivity contribution in [2.45, 2.75) is 18.8 Å². The van der Waals surface area contributed by atoms with Crippen LogP contribution in [0.3, 0.4) is 0 Å². The summed E-state index contributed by atoms with van der Waals surface area (Å²) in [5, 5.41) is 10.5. The van der Waals surface area contributed by atoms with Crippen LogP contribution < -0.4 is 10.6 Å². The van der Waals surface area contributed by atoms with Crippen molar-refractivity contribution in [2.24, 2.45) is 13.0 Å². The molecule has 2 aromatic rings. The molecule has 1 aromatic carbocycles. The third kappa shape index (κ3) is 4.20. The highest BCUT2D eigenvalue weighted by Gasteiger charge is 2.34. The van der Waals surface area contributed by atoms with Crippen molar-refractivity contribution in [3.05, 3.63) is 47.8 Å². The number of aromatic nitrogens is 2. The number of carbonyl (C=O) groups excluding carboxylic acids is 2. The molecule has 2 amide bonds. The fourth-order valence-electron chi connectivity index (χ4n) is 4.00. The Balaban J connectivity index is 0.00000225. The molecule has 2 atom stereocenters. The van der Waals surface area contributed by atoms with Gasteiger partial charge in [-0.3, -0.25) is 14.3 Å². The molecule has 2 fully saturated rings. The lowest BCUT2D eigenvalue weighted by Gasteiger charge is -2.18. The number of nitrogens with one attached hydrogen (secondary N) is 2. The molecule has 0 radical (unpaired) electrons. The average Bonchev–Trinajstić information content (AvgIpc) is 3.42. The van der Waals surface area contributed by atoms with Gasteiger partial charge in [0.25, 0.3) is 5.91 Å². The molecule has 8 heteroatoms. The van der Waals surface area contributed by atoms with E-state index in [1.807, 2.05) is 42.5 Å². The summed E-state index contributed by atoms with van der Waals surface area (Å²) in [7, 11) is 1.88. The first-order valence-electron chi connectivity index (χ1n) is 9.51. The van der Waals surface area contributed by atoms with Gasteiger partial charge < -0.3 is 15.5 Å². The van der Waals surface area contributed by atoms with Gasteiger partial charge in [-0.2, -0.15) is 5.10 Å². The Kier molecular flexibility index (Phi) is 6.36. The van der Waals surface area contributed by atoms with E-state index in [1.165, 1.54) is 0 Å². The number of hydrogen-bond donors (Lipinski definition) is 2. The molecule has 4 rings (SSSR count). The lowest BCUT2D eigenvalue weighted by molar-refractivity contribution is -0.119. The number of rotatable bonds is 4. The Morgan fingerprint density at radius 3 is 2.71 bits per heavy atom. The smallest absolute Gasteiger partial charge is 0.253 e. The normalized spacial score (nSPS) is 21.4. The Bertz CT molecular complexity index is 847. The Hall–Kier alpha value is -2.38. The van der Waals surface area contributed by atoms with Crippen LogP contribution in [0.4, 0.5) is 5.69 Å². The van der Waals surface area contributed by atoms with E-state index >= 15 is 0 Å². The summed E-state index contributed by atoms with van der Waals surface area (Å²) < 4.78 is 1.76. The highest BCUT2D eigenvalue weighted by Crippen LogP contribution is 2.29. The molecule has 7 nitrogen and oxygen atoms in total. The summed E-state index contributed by atoms with van der Waals surface area (Å²) in [6, 6.07) is 7.25. The number of anilines is 1. The number of nitrogens with zero attached hydrogens (tertiary/aromatic N) is 3. The van der Waals surface area contributed by atoms with Crippen LogP contribution in [0, 0.1) is 5.92 Å². The zero-order valence-corrected chi connectivity index (χ0v) is 16.7. The molecule has 3 heterocycles. The first-order chi connectivity index (χ1) is 13.1. The number of halogens is 1. The van der Waals surface area contributed by atoms with Crippen LogP contribution in [0.15, 0.2) is 36.7 Å². The summed E-state index contributed by atoms with van der Waals surface area (Å²) in [5.74, 6) is -0.0424. The lowest BCUT2D eigenvalue weighted by Crippen LogP contribution is -2.29. The molecule has 0 bridgehead atoms. The van der Waals surface area contributed by atoms with Gasteiger partial charge in [0.1, 0.15) is 0 Å². The largest absolute Gasteiger partial charge is 0.339 e. The van der Waals surface area contributed by atoms with E-state index in [0.29, 0.717) is 17.8 Å². The van der Waals surface area contributed by atoms with Crippen LogP contribution in [-0.4, -0.2) is 52.7 Å². The highest BCUT2D eigenvalue weighted by molar-refractivity contribution is 5.98. The zero-order chi connectivity index (χ0) is 18.8. The maximum absolute atomic E-state index is 12.9. The van der Waals surface area contributed by atoms with Gasteiger partial charge in [-0.05, 0) is 36.6 Å². The predicted molar refractivity (Wildman–Crippen MR) is 110 cm³/mol. The third-order valence-corrected chi connectivity index (χ3v) is 5.47. The second kappa shape index (κ2) is 8.75. The maximum Gasteiger partial charge on any atom is 0.253 e. The van der Waals surface area contributed by atoms with Crippen molar-refractivity contribution in [3.8, 4) is 0 Å². The molecular formula is C20H26ClN5O2. The quantitative estimate of drug-likeness (QED) is 0.818. The first kappa shape index (κ1) is 20.4.